The fraction of sp³-hybridized carbons (Fsp3) is 0.286. The van der Waals surface area contributed by atoms with Crippen LogP contribution in [-0.4, -0.2) is 14.3 Å². The van der Waals surface area contributed by atoms with Gasteiger partial charge >= 0.3 is 0 Å². The van der Waals surface area contributed by atoms with Crippen LogP contribution < -0.4 is 10.0 Å². The van der Waals surface area contributed by atoms with E-state index in [-0.39, 0.29) is 10.8 Å². The van der Waals surface area contributed by atoms with Gasteiger partial charge in [0.05, 0.1) is 10.6 Å². The third-order valence-electron chi connectivity index (χ3n) is 5.19. The first kappa shape index (κ1) is 17.8. The number of anilines is 2. The van der Waals surface area contributed by atoms with E-state index in [1.807, 2.05) is 26.0 Å². The van der Waals surface area contributed by atoms with Crippen molar-refractivity contribution in [3.63, 3.8) is 0 Å². The molecule has 0 saturated carbocycles. The van der Waals surface area contributed by atoms with Crippen molar-refractivity contribution in [3.8, 4) is 0 Å². The van der Waals surface area contributed by atoms with Crippen LogP contribution in [0.5, 0.6) is 0 Å². The molecule has 2 aromatic carbocycles. The van der Waals surface area contributed by atoms with E-state index in [0.29, 0.717) is 22.5 Å². The molecule has 2 aromatic rings. The van der Waals surface area contributed by atoms with Crippen LogP contribution in [0.4, 0.5) is 11.4 Å². The zero-order valence-electron chi connectivity index (χ0n) is 15.4. The van der Waals surface area contributed by atoms with Gasteiger partial charge in [-0.2, -0.15) is 0 Å². The highest BCUT2D eigenvalue weighted by Crippen LogP contribution is 2.36. The van der Waals surface area contributed by atoms with Gasteiger partial charge in [0.15, 0.2) is 0 Å². The molecule has 5 nitrogen and oxygen atoms in total. The molecule has 2 N–H and O–H groups in total. The second-order valence-electron chi connectivity index (χ2n) is 7.29. The molecule has 1 aliphatic carbocycles. The van der Waals surface area contributed by atoms with Gasteiger partial charge in [-0.3, -0.25) is 9.52 Å². The molecule has 140 valence electrons. The predicted molar refractivity (Wildman–Crippen MR) is 107 cm³/mol. The number of sulfonamides is 1. The van der Waals surface area contributed by atoms with Crippen LogP contribution in [-0.2, 0) is 27.7 Å². The molecule has 0 unspecified atom stereocenters. The van der Waals surface area contributed by atoms with E-state index < -0.39 is 10.0 Å². The second-order valence-corrected chi connectivity index (χ2v) is 8.97. The summed E-state index contributed by atoms with van der Waals surface area (Å²) in [5.41, 5.74) is 5.65. The summed E-state index contributed by atoms with van der Waals surface area (Å²) in [5, 5.41) is 2.79. The highest BCUT2D eigenvalue weighted by atomic mass is 32.2. The number of hydrogen-bond donors (Lipinski definition) is 2. The number of allylic oxidation sites excluding steroid dienone is 1. The highest BCUT2D eigenvalue weighted by molar-refractivity contribution is 7.92. The third-order valence-corrected chi connectivity index (χ3v) is 6.55. The Labute approximate surface area is 159 Å². The molecular formula is C21H22N2O3S. The fourth-order valence-electron chi connectivity index (χ4n) is 3.89. The van der Waals surface area contributed by atoms with Gasteiger partial charge in [0.2, 0.25) is 0 Å². The lowest BCUT2D eigenvalue weighted by Gasteiger charge is -2.20. The molecule has 0 fully saturated rings. The zero-order chi connectivity index (χ0) is 19.2. The lowest BCUT2D eigenvalue weighted by molar-refractivity contribution is -0.110. The number of carbonyl (C=O) groups is 1. The number of rotatable bonds is 3. The lowest BCUT2D eigenvalue weighted by atomic mass is 9.91. The first-order chi connectivity index (χ1) is 12.9. The Morgan fingerprint density at radius 3 is 2.63 bits per heavy atom. The molecule has 2 aliphatic rings. The summed E-state index contributed by atoms with van der Waals surface area (Å²) in [6, 6.07) is 10.5. The maximum atomic E-state index is 13.0. The van der Waals surface area contributed by atoms with Gasteiger partial charge in [0.25, 0.3) is 15.9 Å². The van der Waals surface area contributed by atoms with Crippen molar-refractivity contribution < 1.29 is 13.2 Å². The molecule has 0 radical (unpaired) electrons. The molecule has 6 heteroatoms. The van der Waals surface area contributed by atoms with Gasteiger partial charge < -0.3 is 5.32 Å². The number of amides is 1. The van der Waals surface area contributed by atoms with E-state index >= 15 is 0 Å². The Morgan fingerprint density at radius 1 is 1.07 bits per heavy atom. The minimum absolute atomic E-state index is 0.157. The summed E-state index contributed by atoms with van der Waals surface area (Å²) in [6.45, 7) is 3.69. The van der Waals surface area contributed by atoms with E-state index in [1.165, 1.54) is 11.6 Å². The Balaban J connectivity index is 1.73. The van der Waals surface area contributed by atoms with Gasteiger partial charge in [-0.1, -0.05) is 17.7 Å². The molecule has 4 rings (SSSR count). The monoisotopic (exact) mass is 382 g/mol. The van der Waals surface area contributed by atoms with Gasteiger partial charge in [-0.05, 0) is 74.9 Å². The standard InChI is InChI=1S/C21H22N2O3S/c1-13(2)20-17-12-15(10-11-18(17)22-21(20)24)27(25,26)23-19-9-5-7-14-6-3-4-8-16(14)19/h5,7,9-12,23H,3-4,6,8H2,1-2H3,(H,22,24). The molecule has 0 spiro atoms. The zero-order valence-corrected chi connectivity index (χ0v) is 16.2. The van der Waals surface area contributed by atoms with Crippen LogP contribution in [0.3, 0.4) is 0 Å². The smallest absolute Gasteiger partial charge is 0.261 e. The van der Waals surface area contributed by atoms with E-state index in [2.05, 4.69) is 16.1 Å². The summed E-state index contributed by atoms with van der Waals surface area (Å²) in [4.78, 5) is 12.3. The predicted octanol–water partition coefficient (Wildman–Crippen LogP) is 4.11. The normalized spacial score (nSPS) is 15.8. The Morgan fingerprint density at radius 2 is 1.85 bits per heavy atom. The first-order valence-corrected chi connectivity index (χ1v) is 10.6. The van der Waals surface area contributed by atoms with Crippen molar-refractivity contribution in [2.45, 2.75) is 44.4 Å². The maximum absolute atomic E-state index is 13.0. The summed E-state index contributed by atoms with van der Waals surface area (Å²) in [7, 11) is -3.75. The van der Waals surface area contributed by atoms with Gasteiger partial charge in [0.1, 0.15) is 0 Å². The summed E-state index contributed by atoms with van der Waals surface area (Å²) < 4.78 is 28.8. The second kappa shape index (κ2) is 6.53. The van der Waals surface area contributed by atoms with E-state index in [1.54, 1.807) is 12.1 Å². The van der Waals surface area contributed by atoms with Crippen molar-refractivity contribution in [2.24, 2.45) is 0 Å². The molecule has 0 atom stereocenters. The average Bonchev–Trinajstić information content (AvgIpc) is 2.97. The van der Waals surface area contributed by atoms with E-state index in [9.17, 15) is 13.2 Å². The molecule has 1 amide bonds. The summed E-state index contributed by atoms with van der Waals surface area (Å²) >= 11 is 0. The first-order valence-electron chi connectivity index (χ1n) is 9.13. The Bertz CT molecular complexity index is 1080. The topological polar surface area (TPSA) is 75.3 Å². The number of fused-ring (bicyclic) bond motifs is 2. The number of benzene rings is 2. The number of nitrogens with one attached hydrogen (secondary N) is 2. The van der Waals surface area contributed by atoms with Gasteiger partial charge in [-0.15, -0.1) is 0 Å². The Hall–Kier alpha value is -2.60. The van der Waals surface area contributed by atoms with Crippen LogP contribution in [0.1, 0.15) is 43.4 Å². The molecule has 27 heavy (non-hydrogen) atoms. The van der Waals surface area contributed by atoms with Crippen molar-refractivity contribution >= 4 is 32.9 Å². The third kappa shape index (κ3) is 3.14. The van der Waals surface area contributed by atoms with E-state index in [0.717, 1.165) is 36.8 Å². The van der Waals surface area contributed by atoms with Gasteiger partial charge in [-0.25, -0.2) is 8.42 Å². The van der Waals surface area contributed by atoms with Crippen molar-refractivity contribution in [1.29, 1.82) is 0 Å². The molecule has 1 aliphatic heterocycles. The molecule has 0 aromatic heterocycles. The van der Waals surface area contributed by atoms with Crippen LogP contribution in [0.25, 0.3) is 5.57 Å². The van der Waals surface area contributed by atoms with Crippen LogP contribution in [0, 0.1) is 0 Å². The van der Waals surface area contributed by atoms with E-state index in [4.69, 9.17) is 0 Å². The van der Waals surface area contributed by atoms with Crippen LogP contribution >= 0.6 is 0 Å². The van der Waals surface area contributed by atoms with Crippen LogP contribution in [0.15, 0.2) is 46.9 Å². The van der Waals surface area contributed by atoms with Crippen molar-refractivity contribution in [2.75, 3.05) is 10.0 Å². The SMILES string of the molecule is CC(C)=C1C(=O)Nc2ccc(S(=O)(=O)Nc3cccc4c3CCCC4)cc21. The molecule has 0 bridgehead atoms. The largest absolute Gasteiger partial charge is 0.321 e. The maximum Gasteiger partial charge on any atom is 0.261 e. The Kier molecular flexibility index (Phi) is 4.30. The summed E-state index contributed by atoms with van der Waals surface area (Å²) in [6.07, 6.45) is 4.09. The highest BCUT2D eigenvalue weighted by Gasteiger charge is 2.28. The van der Waals surface area contributed by atoms with Crippen molar-refractivity contribution in [3.05, 3.63) is 58.7 Å². The number of hydrogen-bond acceptors (Lipinski definition) is 3. The average molecular weight is 382 g/mol. The summed E-state index contributed by atoms with van der Waals surface area (Å²) in [5.74, 6) is -0.190. The minimum Gasteiger partial charge on any atom is -0.321 e. The number of aryl methyl sites for hydroxylation is 1. The molecule has 1 heterocycles. The lowest BCUT2D eigenvalue weighted by Crippen LogP contribution is -2.16. The minimum atomic E-state index is -3.75. The molecular weight excluding hydrogens is 360 g/mol. The van der Waals surface area contributed by atoms with Crippen LogP contribution in [0.2, 0.25) is 0 Å². The van der Waals surface area contributed by atoms with Gasteiger partial charge in [0, 0.05) is 16.8 Å². The number of carbonyl (C=O) groups excluding carboxylic acids is 1. The van der Waals surface area contributed by atoms with Crippen molar-refractivity contribution in [1.82, 2.24) is 0 Å². The molecule has 0 saturated heterocycles. The fourth-order valence-corrected chi connectivity index (χ4v) is 5.01. The quantitative estimate of drug-likeness (QED) is 0.785.